The van der Waals surface area contributed by atoms with Crippen LogP contribution in [-0.4, -0.2) is 35.1 Å². The molecule has 0 radical (unpaired) electrons. The Bertz CT molecular complexity index is 1640. The minimum absolute atomic E-state index is 0.118. The van der Waals surface area contributed by atoms with Crippen LogP contribution in [0.25, 0.3) is 22.0 Å². The van der Waals surface area contributed by atoms with E-state index in [1.165, 1.54) is 25.5 Å². The number of urea groups is 1. The van der Waals surface area contributed by atoms with Crippen molar-refractivity contribution < 1.29 is 18.7 Å². The van der Waals surface area contributed by atoms with Gasteiger partial charge in [0.2, 0.25) is 0 Å². The molecule has 41 heavy (non-hydrogen) atoms. The molecule has 9 heteroatoms. The number of carbonyl (C=O) groups excluding carboxylic acids is 2. The number of Topliss-reactive ketones (excluding diaryl/α,β-unsaturated/α-hetero) is 1. The van der Waals surface area contributed by atoms with Gasteiger partial charge in [-0.3, -0.25) is 14.2 Å². The second kappa shape index (κ2) is 12.4. The number of halogens is 1. The predicted octanol–water partition coefficient (Wildman–Crippen LogP) is 6.74. The van der Waals surface area contributed by atoms with Gasteiger partial charge in [0, 0.05) is 29.8 Å². The highest BCUT2D eigenvalue weighted by molar-refractivity contribution is 6.08. The fourth-order valence-corrected chi connectivity index (χ4v) is 5.52. The molecule has 0 atom stereocenters. The molecule has 3 aromatic carbocycles. The monoisotopic (exact) mass is 556 g/mol. The molecule has 2 amide bonds. The molecule has 0 bridgehead atoms. The second-order valence-electron chi connectivity index (χ2n) is 10.4. The van der Waals surface area contributed by atoms with Crippen LogP contribution in [0.15, 0.2) is 65.5 Å². The van der Waals surface area contributed by atoms with Gasteiger partial charge in [-0.25, -0.2) is 14.2 Å². The van der Waals surface area contributed by atoms with Gasteiger partial charge in [-0.2, -0.15) is 0 Å². The van der Waals surface area contributed by atoms with E-state index in [1.54, 1.807) is 60.2 Å². The molecule has 0 unspecified atom stereocenters. The Morgan fingerprint density at radius 1 is 1.02 bits per heavy atom. The highest BCUT2D eigenvalue weighted by atomic mass is 19.1. The maximum Gasteiger partial charge on any atom is 0.323 e. The van der Waals surface area contributed by atoms with Crippen LogP contribution in [0.2, 0.25) is 0 Å². The number of anilines is 2. The van der Waals surface area contributed by atoms with Crippen LogP contribution in [-0.2, 0) is 11.3 Å². The van der Waals surface area contributed by atoms with E-state index in [9.17, 15) is 18.8 Å². The van der Waals surface area contributed by atoms with Crippen LogP contribution in [0.3, 0.4) is 0 Å². The summed E-state index contributed by atoms with van der Waals surface area (Å²) in [5, 5.41) is 5.94. The van der Waals surface area contributed by atoms with Crippen LogP contribution in [0.1, 0.15) is 61.1 Å². The quantitative estimate of drug-likeness (QED) is 0.234. The number of fused-ring (bicyclic) bond motifs is 1. The Labute approximate surface area is 237 Å². The van der Waals surface area contributed by atoms with Crippen molar-refractivity contribution in [2.24, 2.45) is 0 Å². The fourth-order valence-electron chi connectivity index (χ4n) is 5.52. The molecular weight excluding hydrogens is 523 g/mol. The van der Waals surface area contributed by atoms with Gasteiger partial charge in [0.05, 0.1) is 29.7 Å². The largest absolute Gasteiger partial charge is 0.383 e. The van der Waals surface area contributed by atoms with Crippen molar-refractivity contribution in [3.8, 4) is 11.1 Å². The van der Waals surface area contributed by atoms with E-state index in [0.29, 0.717) is 52.1 Å². The third kappa shape index (κ3) is 6.20. The molecule has 212 valence electrons. The van der Waals surface area contributed by atoms with Gasteiger partial charge >= 0.3 is 6.03 Å². The Balaban J connectivity index is 1.63. The Kier molecular flexibility index (Phi) is 8.54. The summed E-state index contributed by atoms with van der Waals surface area (Å²) < 4.78 is 20.9. The first-order valence-electron chi connectivity index (χ1n) is 13.9. The van der Waals surface area contributed by atoms with Crippen LogP contribution in [0.4, 0.5) is 20.6 Å². The SMILES string of the molecule is COCCn1c(C2CCCCC2)nc2ccc(NC(=O)Nc3cccc(C(C)=O)c3)c(-c3ccc(F)cc3)c2c1=O. The second-order valence-corrected chi connectivity index (χ2v) is 10.4. The first-order chi connectivity index (χ1) is 19.9. The van der Waals surface area contributed by atoms with Gasteiger partial charge < -0.3 is 15.4 Å². The summed E-state index contributed by atoms with van der Waals surface area (Å²) in [7, 11) is 1.59. The molecule has 1 aliphatic carbocycles. The molecule has 0 aliphatic heterocycles. The minimum Gasteiger partial charge on any atom is -0.383 e. The van der Waals surface area contributed by atoms with Gasteiger partial charge in [0.25, 0.3) is 5.56 Å². The van der Waals surface area contributed by atoms with Crippen LogP contribution < -0.4 is 16.2 Å². The lowest BCUT2D eigenvalue weighted by Crippen LogP contribution is -2.30. The Morgan fingerprint density at radius 3 is 2.49 bits per heavy atom. The van der Waals surface area contributed by atoms with Crippen molar-refractivity contribution in [3.63, 3.8) is 0 Å². The Hall–Kier alpha value is -4.37. The topological polar surface area (TPSA) is 102 Å². The summed E-state index contributed by atoms with van der Waals surface area (Å²) >= 11 is 0. The van der Waals surface area contributed by atoms with Gasteiger partial charge in [0.1, 0.15) is 11.6 Å². The first-order valence-corrected chi connectivity index (χ1v) is 13.9. The number of rotatable bonds is 8. The number of hydrogen-bond donors (Lipinski definition) is 2. The molecule has 1 aromatic heterocycles. The van der Waals surface area contributed by atoms with E-state index in [0.717, 1.165) is 31.5 Å². The van der Waals surface area contributed by atoms with Crippen molar-refractivity contribution >= 4 is 34.1 Å². The molecular formula is C32H33FN4O4. The molecule has 5 rings (SSSR count). The molecule has 1 aliphatic rings. The molecule has 4 aromatic rings. The molecule has 8 nitrogen and oxygen atoms in total. The molecule has 0 saturated heterocycles. The standard InChI is InChI=1S/C32H33FN4O4/c1-20(38)23-9-6-10-25(19-23)34-32(40)36-26-15-16-27-29(28(26)21-11-13-24(33)14-12-21)31(39)37(17-18-41-2)30(35-27)22-7-4-3-5-8-22/h6,9-16,19,22H,3-5,7-8,17-18H2,1-2H3,(H2,34,36,40). The number of methoxy groups -OCH3 is 1. The number of carbonyl (C=O) groups is 2. The van der Waals surface area contributed by atoms with E-state index in [2.05, 4.69) is 10.6 Å². The lowest BCUT2D eigenvalue weighted by atomic mass is 9.88. The van der Waals surface area contributed by atoms with Crippen LogP contribution in [0.5, 0.6) is 0 Å². The molecule has 0 spiro atoms. The lowest BCUT2D eigenvalue weighted by Gasteiger charge is -2.25. The average molecular weight is 557 g/mol. The van der Waals surface area contributed by atoms with E-state index in [1.807, 2.05) is 0 Å². The summed E-state index contributed by atoms with van der Waals surface area (Å²) in [6.45, 7) is 2.15. The van der Waals surface area contributed by atoms with Gasteiger partial charge in [-0.15, -0.1) is 0 Å². The van der Waals surface area contributed by atoms with Crippen molar-refractivity contribution in [2.75, 3.05) is 24.4 Å². The van der Waals surface area contributed by atoms with E-state index in [-0.39, 0.29) is 17.3 Å². The number of hydrogen-bond acceptors (Lipinski definition) is 5. The number of ketones is 1. The van der Waals surface area contributed by atoms with Crippen molar-refractivity contribution in [1.29, 1.82) is 0 Å². The Morgan fingerprint density at radius 2 is 1.78 bits per heavy atom. The van der Waals surface area contributed by atoms with Crippen molar-refractivity contribution in [3.05, 3.63) is 88.2 Å². The highest BCUT2D eigenvalue weighted by Gasteiger charge is 2.25. The number of nitrogens with zero attached hydrogens (tertiary/aromatic N) is 2. The van der Waals surface area contributed by atoms with E-state index < -0.39 is 11.8 Å². The number of amides is 2. The average Bonchev–Trinajstić information content (AvgIpc) is 2.97. The first kappa shape index (κ1) is 28.2. The number of ether oxygens (including phenoxy) is 1. The smallest absolute Gasteiger partial charge is 0.323 e. The summed E-state index contributed by atoms with van der Waals surface area (Å²) in [4.78, 5) is 44.1. The maximum absolute atomic E-state index is 14.2. The summed E-state index contributed by atoms with van der Waals surface area (Å²) in [5.74, 6) is 0.406. The van der Waals surface area contributed by atoms with Crippen molar-refractivity contribution in [2.45, 2.75) is 51.5 Å². The molecule has 1 saturated carbocycles. The van der Waals surface area contributed by atoms with E-state index in [4.69, 9.17) is 9.72 Å². The lowest BCUT2D eigenvalue weighted by molar-refractivity contribution is 0.101. The third-order valence-corrected chi connectivity index (χ3v) is 7.55. The highest BCUT2D eigenvalue weighted by Crippen LogP contribution is 2.36. The fraction of sp³-hybridized carbons (Fsp3) is 0.312. The zero-order valence-electron chi connectivity index (χ0n) is 23.2. The summed E-state index contributed by atoms with van der Waals surface area (Å²) in [5.41, 5.74) is 2.58. The summed E-state index contributed by atoms with van der Waals surface area (Å²) in [6, 6.07) is 15.3. The number of nitrogens with one attached hydrogen (secondary N) is 2. The predicted molar refractivity (Wildman–Crippen MR) is 158 cm³/mol. The molecule has 2 N–H and O–H groups in total. The van der Waals surface area contributed by atoms with Gasteiger partial charge in [0.15, 0.2) is 5.78 Å². The van der Waals surface area contributed by atoms with Gasteiger partial charge in [-0.1, -0.05) is 43.5 Å². The summed E-state index contributed by atoms with van der Waals surface area (Å²) in [6.07, 6.45) is 5.31. The number of aromatic nitrogens is 2. The minimum atomic E-state index is -0.556. The van der Waals surface area contributed by atoms with E-state index >= 15 is 0 Å². The molecule has 1 fully saturated rings. The third-order valence-electron chi connectivity index (χ3n) is 7.55. The van der Waals surface area contributed by atoms with Crippen molar-refractivity contribution in [1.82, 2.24) is 9.55 Å². The molecule has 1 heterocycles. The normalized spacial score (nSPS) is 13.7. The zero-order chi connectivity index (χ0) is 28.9. The maximum atomic E-state index is 14.2. The number of benzene rings is 3. The zero-order valence-corrected chi connectivity index (χ0v) is 23.2. The van der Waals surface area contributed by atoms with Crippen LogP contribution >= 0.6 is 0 Å². The van der Waals surface area contributed by atoms with Crippen LogP contribution in [0, 0.1) is 5.82 Å². The van der Waals surface area contributed by atoms with Gasteiger partial charge in [-0.05, 0) is 61.7 Å².